The Bertz CT molecular complexity index is 472. The van der Waals surface area contributed by atoms with E-state index < -0.39 is 0 Å². The molecule has 1 aliphatic rings. The average molecular weight is 255 g/mol. The summed E-state index contributed by atoms with van der Waals surface area (Å²) < 4.78 is 2.00. The summed E-state index contributed by atoms with van der Waals surface area (Å²) in [6.45, 7) is 2.10. The Morgan fingerprint density at radius 1 is 1.16 bits per heavy atom. The van der Waals surface area contributed by atoms with Crippen molar-refractivity contribution in [2.45, 2.75) is 37.8 Å². The maximum absolute atomic E-state index is 4.21. The molecule has 1 aliphatic carbocycles. The zero-order valence-electron chi connectivity index (χ0n) is 11.2. The number of hydrogen-bond acceptors (Lipinski definition) is 2. The monoisotopic (exact) mass is 255 g/mol. The van der Waals surface area contributed by atoms with Crippen LogP contribution in [0.15, 0.2) is 48.8 Å². The lowest BCUT2D eigenvalue weighted by Crippen LogP contribution is -2.40. The number of rotatable bonds is 6. The van der Waals surface area contributed by atoms with Gasteiger partial charge in [0.05, 0.1) is 0 Å². The Hall–Kier alpha value is -1.61. The average Bonchev–Trinajstić information content (AvgIpc) is 2.90. The maximum atomic E-state index is 4.21. The van der Waals surface area contributed by atoms with E-state index in [9.17, 15) is 0 Å². The Balaban J connectivity index is 1.32. The Labute approximate surface area is 114 Å². The minimum Gasteiger partial charge on any atom is -0.314 e. The van der Waals surface area contributed by atoms with Crippen LogP contribution in [0.4, 0.5) is 0 Å². The highest BCUT2D eigenvalue weighted by Gasteiger charge is 2.29. The molecule has 1 saturated carbocycles. The molecule has 0 aliphatic heterocycles. The molecule has 0 bridgehead atoms. The van der Waals surface area contributed by atoms with E-state index in [2.05, 4.69) is 40.7 Å². The summed E-state index contributed by atoms with van der Waals surface area (Å²) in [4.78, 5) is 0. The summed E-state index contributed by atoms with van der Waals surface area (Å²) in [5.41, 5.74) is 1.50. The van der Waals surface area contributed by atoms with Crippen molar-refractivity contribution in [3.63, 3.8) is 0 Å². The lowest BCUT2D eigenvalue weighted by Gasteiger charge is -2.36. The highest BCUT2D eigenvalue weighted by atomic mass is 15.3. The first-order valence-electron chi connectivity index (χ1n) is 7.17. The molecule has 100 valence electrons. The minimum absolute atomic E-state index is 0.711. The van der Waals surface area contributed by atoms with Crippen LogP contribution in [0, 0.1) is 0 Å². The molecule has 0 saturated heterocycles. The van der Waals surface area contributed by atoms with Crippen LogP contribution >= 0.6 is 0 Å². The first-order chi connectivity index (χ1) is 9.42. The van der Waals surface area contributed by atoms with Gasteiger partial charge in [-0.15, -0.1) is 0 Å². The lowest BCUT2D eigenvalue weighted by molar-refractivity contribution is 0.288. The van der Waals surface area contributed by atoms with Crippen molar-refractivity contribution < 1.29 is 0 Å². The predicted molar refractivity (Wildman–Crippen MR) is 77.1 cm³/mol. The molecule has 1 aromatic carbocycles. The molecule has 1 N–H and O–H groups in total. The molecule has 1 fully saturated rings. The third-order valence-corrected chi connectivity index (χ3v) is 3.97. The van der Waals surface area contributed by atoms with Gasteiger partial charge in [0.1, 0.15) is 0 Å². The van der Waals surface area contributed by atoms with Gasteiger partial charge in [-0.25, -0.2) is 0 Å². The van der Waals surface area contributed by atoms with Gasteiger partial charge in [-0.3, -0.25) is 4.68 Å². The second kappa shape index (κ2) is 6.02. The first-order valence-corrected chi connectivity index (χ1v) is 7.17. The number of benzene rings is 1. The second-order valence-electron chi connectivity index (χ2n) is 5.35. The van der Waals surface area contributed by atoms with Gasteiger partial charge < -0.3 is 5.32 Å². The summed E-state index contributed by atoms with van der Waals surface area (Å²) in [5, 5.41) is 7.85. The molecule has 3 nitrogen and oxygen atoms in total. The van der Waals surface area contributed by atoms with Gasteiger partial charge in [0, 0.05) is 25.0 Å². The topological polar surface area (TPSA) is 29.9 Å². The smallest absolute Gasteiger partial charge is 0.0489 e. The molecule has 2 aromatic rings. The standard InChI is InChI=1S/C16H21N3/c1-2-6-14(7-3-1)15-12-16(13-15)17-8-4-10-19-11-5-9-18-19/h1-3,5-7,9,11,15-17H,4,8,10,12-13H2. The lowest BCUT2D eigenvalue weighted by atomic mass is 9.76. The first kappa shape index (κ1) is 12.4. The van der Waals surface area contributed by atoms with Gasteiger partial charge in [0.15, 0.2) is 0 Å². The van der Waals surface area contributed by atoms with Crippen molar-refractivity contribution in [2.75, 3.05) is 6.54 Å². The van der Waals surface area contributed by atoms with Gasteiger partial charge in [-0.2, -0.15) is 5.10 Å². The third-order valence-electron chi connectivity index (χ3n) is 3.97. The van der Waals surface area contributed by atoms with Crippen molar-refractivity contribution >= 4 is 0 Å². The van der Waals surface area contributed by atoms with Gasteiger partial charge >= 0.3 is 0 Å². The molecule has 3 heteroatoms. The normalized spacial score (nSPS) is 22.1. The number of aryl methyl sites for hydroxylation is 1. The van der Waals surface area contributed by atoms with E-state index in [1.807, 2.05) is 23.1 Å². The molecule has 0 unspecified atom stereocenters. The predicted octanol–water partition coefficient (Wildman–Crippen LogP) is 2.81. The van der Waals surface area contributed by atoms with Crippen LogP contribution in [0.5, 0.6) is 0 Å². The summed E-state index contributed by atoms with van der Waals surface area (Å²) in [5.74, 6) is 0.768. The fourth-order valence-electron chi connectivity index (χ4n) is 2.76. The minimum atomic E-state index is 0.711. The number of nitrogens with zero attached hydrogens (tertiary/aromatic N) is 2. The fourth-order valence-corrected chi connectivity index (χ4v) is 2.76. The summed E-state index contributed by atoms with van der Waals surface area (Å²) in [7, 11) is 0. The zero-order valence-corrected chi connectivity index (χ0v) is 11.2. The largest absolute Gasteiger partial charge is 0.314 e. The van der Waals surface area contributed by atoms with Crippen LogP contribution in [-0.2, 0) is 6.54 Å². The summed E-state index contributed by atoms with van der Waals surface area (Å²) >= 11 is 0. The molecule has 3 rings (SSSR count). The van der Waals surface area contributed by atoms with Gasteiger partial charge in [-0.1, -0.05) is 30.3 Å². The van der Waals surface area contributed by atoms with Crippen LogP contribution in [0.3, 0.4) is 0 Å². The van der Waals surface area contributed by atoms with Crippen molar-refractivity contribution in [1.82, 2.24) is 15.1 Å². The van der Waals surface area contributed by atoms with E-state index in [4.69, 9.17) is 0 Å². The van der Waals surface area contributed by atoms with Crippen LogP contribution in [-0.4, -0.2) is 22.4 Å². The van der Waals surface area contributed by atoms with Crippen LogP contribution in [0.1, 0.15) is 30.7 Å². The third kappa shape index (κ3) is 3.24. The number of nitrogens with one attached hydrogen (secondary N) is 1. The van der Waals surface area contributed by atoms with Gasteiger partial charge in [0.25, 0.3) is 0 Å². The maximum Gasteiger partial charge on any atom is 0.0489 e. The highest BCUT2D eigenvalue weighted by molar-refractivity contribution is 5.22. The van der Waals surface area contributed by atoms with Crippen LogP contribution < -0.4 is 5.32 Å². The molecule has 1 aromatic heterocycles. The van der Waals surface area contributed by atoms with Crippen molar-refractivity contribution in [3.8, 4) is 0 Å². The van der Waals surface area contributed by atoms with Crippen LogP contribution in [0.25, 0.3) is 0 Å². The molecular formula is C16H21N3. The van der Waals surface area contributed by atoms with E-state index in [-0.39, 0.29) is 0 Å². The fraction of sp³-hybridized carbons (Fsp3) is 0.438. The molecule has 0 atom stereocenters. The number of hydrogen-bond donors (Lipinski definition) is 1. The number of aromatic nitrogens is 2. The summed E-state index contributed by atoms with van der Waals surface area (Å²) in [6.07, 6.45) is 7.57. The molecule has 19 heavy (non-hydrogen) atoms. The zero-order chi connectivity index (χ0) is 12.9. The Morgan fingerprint density at radius 3 is 2.74 bits per heavy atom. The van der Waals surface area contributed by atoms with Crippen molar-refractivity contribution in [1.29, 1.82) is 0 Å². The van der Waals surface area contributed by atoms with Crippen LogP contribution in [0.2, 0.25) is 0 Å². The molecular weight excluding hydrogens is 234 g/mol. The Morgan fingerprint density at radius 2 is 2.00 bits per heavy atom. The van der Waals surface area contributed by atoms with Gasteiger partial charge in [0.2, 0.25) is 0 Å². The molecule has 0 spiro atoms. The SMILES string of the molecule is c1ccc(C2CC(NCCCn3cccn3)C2)cc1. The van der Waals surface area contributed by atoms with Crippen molar-refractivity contribution in [3.05, 3.63) is 54.4 Å². The highest BCUT2D eigenvalue weighted by Crippen LogP contribution is 2.36. The van der Waals surface area contributed by atoms with Crippen molar-refractivity contribution in [2.24, 2.45) is 0 Å². The summed E-state index contributed by atoms with van der Waals surface area (Å²) in [6, 6.07) is 13.6. The van der Waals surface area contributed by atoms with E-state index in [1.165, 1.54) is 18.4 Å². The molecule has 0 radical (unpaired) electrons. The van der Waals surface area contributed by atoms with E-state index >= 15 is 0 Å². The Kier molecular flexibility index (Phi) is 3.94. The molecule has 1 heterocycles. The van der Waals surface area contributed by atoms with E-state index in [0.717, 1.165) is 25.4 Å². The molecule has 0 amide bonds. The second-order valence-corrected chi connectivity index (χ2v) is 5.35. The van der Waals surface area contributed by atoms with E-state index in [1.54, 1.807) is 0 Å². The quantitative estimate of drug-likeness (QED) is 0.804. The van der Waals surface area contributed by atoms with Gasteiger partial charge in [-0.05, 0) is 43.4 Å². The van der Waals surface area contributed by atoms with E-state index in [0.29, 0.717) is 6.04 Å².